The molecule has 0 spiro atoms. The zero-order valence-corrected chi connectivity index (χ0v) is 19.6. The average Bonchev–Trinajstić information content (AvgIpc) is 3.48. The summed E-state index contributed by atoms with van der Waals surface area (Å²) in [4.78, 5) is 16.0. The van der Waals surface area contributed by atoms with Crippen molar-refractivity contribution in [2.24, 2.45) is 0 Å². The second-order valence-corrected chi connectivity index (χ2v) is 9.36. The van der Waals surface area contributed by atoms with Gasteiger partial charge in [0.25, 0.3) is 0 Å². The molecule has 3 aromatic heterocycles. The Balaban J connectivity index is 1.19. The fourth-order valence-corrected chi connectivity index (χ4v) is 4.60. The summed E-state index contributed by atoms with van der Waals surface area (Å²) < 4.78 is 8.12. The lowest BCUT2D eigenvalue weighted by Gasteiger charge is -2.26. The van der Waals surface area contributed by atoms with Gasteiger partial charge in [-0.15, -0.1) is 0 Å². The Morgan fingerprint density at radius 1 is 1.12 bits per heavy atom. The summed E-state index contributed by atoms with van der Waals surface area (Å²) in [7, 11) is 2.02. The highest BCUT2D eigenvalue weighted by Gasteiger charge is 2.25. The molecule has 1 saturated carbocycles. The molecule has 9 nitrogen and oxygen atoms in total. The van der Waals surface area contributed by atoms with Crippen LogP contribution in [0.15, 0.2) is 42.9 Å². The van der Waals surface area contributed by atoms with Crippen LogP contribution < -0.4 is 10.2 Å². The van der Waals surface area contributed by atoms with Crippen molar-refractivity contribution < 1.29 is 4.74 Å². The molecule has 0 amide bonds. The molecule has 1 aliphatic heterocycles. The lowest BCUT2D eigenvalue weighted by Crippen LogP contribution is -2.24. The number of aromatic nitrogens is 6. The van der Waals surface area contributed by atoms with Crippen molar-refractivity contribution in [1.29, 1.82) is 0 Å². The normalized spacial score (nSPS) is 19.3. The Bertz CT molecular complexity index is 1290. The van der Waals surface area contributed by atoms with E-state index in [-0.39, 0.29) is 12.3 Å². The summed E-state index contributed by atoms with van der Waals surface area (Å²) in [5, 5.41) is 10.8. The number of nitrogens with one attached hydrogen (secondary N) is 2. The van der Waals surface area contributed by atoms with E-state index < -0.39 is 0 Å². The number of nitrogens with zero attached hydrogens (tertiary/aromatic N) is 6. The topological polar surface area (TPSA) is 96.8 Å². The van der Waals surface area contributed by atoms with Crippen LogP contribution in [-0.4, -0.2) is 43.4 Å². The SMILES string of the molecule is CC(c1ccc2c(c1)ncn2C1CCCCO1)N(C)c1nccc(Nc2cc(C3CC3)[nH]n2)n1. The van der Waals surface area contributed by atoms with Crippen molar-refractivity contribution in [1.82, 2.24) is 29.7 Å². The third kappa shape index (κ3) is 4.11. The second-order valence-electron chi connectivity index (χ2n) is 9.36. The van der Waals surface area contributed by atoms with Crippen LogP contribution in [-0.2, 0) is 4.74 Å². The van der Waals surface area contributed by atoms with Gasteiger partial charge in [-0.1, -0.05) is 6.07 Å². The fraction of sp³-hybridized carbons (Fsp3) is 0.440. The zero-order valence-electron chi connectivity index (χ0n) is 19.6. The van der Waals surface area contributed by atoms with Gasteiger partial charge in [0.1, 0.15) is 12.0 Å². The summed E-state index contributed by atoms with van der Waals surface area (Å²) in [5.41, 5.74) is 4.44. The van der Waals surface area contributed by atoms with Gasteiger partial charge in [-0.05, 0) is 62.8 Å². The van der Waals surface area contributed by atoms with E-state index in [1.807, 2.05) is 19.4 Å². The maximum absolute atomic E-state index is 5.96. The Hall–Kier alpha value is -3.46. The number of imidazole rings is 1. The van der Waals surface area contributed by atoms with Crippen molar-refractivity contribution in [2.75, 3.05) is 23.9 Å². The summed E-state index contributed by atoms with van der Waals surface area (Å²) in [6.07, 6.45) is 9.61. The summed E-state index contributed by atoms with van der Waals surface area (Å²) >= 11 is 0. The summed E-state index contributed by atoms with van der Waals surface area (Å²) in [6.45, 7) is 2.97. The first-order chi connectivity index (χ1) is 16.7. The number of hydrogen-bond acceptors (Lipinski definition) is 7. The number of aromatic amines is 1. The van der Waals surface area contributed by atoms with Gasteiger partial charge in [0.05, 0.1) is 23.4 Å². The standard InChI is InChI=1S/C25H30N8O/c1-16(18-8-9-21-20(13-18)27-15-33(21)24-5-3-4-12-34-24)32(2)25-26-11-10-22(29-25)28-23-14-19(30-31-23)17-6-7-17/h8-11,13-17,24H,3-7,12H2,1-2H3,(H2,26,28,29,30,31). The van der Waals surface area contributed by atoms with Gasteiger partial charge in [0.2, 0.25) is 5.95 Å². The van der Waals surface area contributed by atoms with Crippen molar-refractivity contribution >= 4 is 28.6 Å². The fourth-order valence-electron chi connectivity index (χ4n) is 4.60. The average molecular weight is 459 g/mol. The number of H-pyrrole nitrogens is 1. The van der Waals surface area contributed by atoms with Crippen LogP contribution in [0.25, 0.3) is 11.0 Å². The number of hydrogen-bond donors (Lipinski definition) is 2. The molecule has 2 unspecified atom stereocenters. The lowest BCUT2D eigenvalue weighted by molar-refractivity contribution is -0.0295. The van der Waals surface area contributed by atoms with Crippen molar-refractivity contribution in [3.63, 3.8) is 0 Å². The molecule has 1 aliphatic carbocycles. The van der Waals surface area contributed by atoms with Crippen LogP contribution in [0.2, 0.25) is 0 Å². The van der Waals surface area contributed by atoms with Crippen LogP contribution in [0.1, 0.15) is 68.5 Å². The molecule has 2 aliphatic rings. The molecule has 1 aromatic carbocycles. The van der Waals surface area contributed by atoms with Crippen LogP contribution in [0, 0.1) is 0 Å². The molecule has 2 atom stereocenters. The molecule has 1 saturated heterocycles. The summed E-state index contributed by atoms with van der Waals surface area (Å²) in [6, 6.07) is 10.5. The minimum atomic E-state index is 0.0718. The minimum Gasteiger partial charge on any atom is -0.358 e. The first kappa shape index (κ1) is 21.1. The Kier molecular flexibility index (Phi) is 5.41. The first-order valence-electron chi connectivity index (χ1n) is 12.1. The number of rotatable bonds is 7. The maximum atomic E-state index is 5.96. The largest absolute Gasteiger partial charge is 0.358 e. The van der Waals surface area contributed by atoms with E-state index in [4.69, 9.17) is 9.72 Å². The van der Waals surface area contributed by atoms with Gasteiger partial charge in [-0.25, -0.2) is 9.97 Å². The Labute approximate surface area is 198 Å². The smallest absolute Gasteiger partial charge is 0.227 e. The van der Waals surface area contributed by atoms with E-state index in [0.717, 1.165) is 47.7 Å². The highest BCUT2D eigenvalue weighted by Crippen LogP contribution is 2.39. The lowest BCUT2D eigenvalue weighted by atomic mass is 10.1. The molecular weight excluding hydrogens is 428 g/mol. The number of benzene rings is 1. The van der Waals surface area contributed by atoms with Gasteiger partial charge in [-0.3, -0.25) is 5.10 Å². The minimum absolute atomic E-state index is 0.0718. The quantitative estimate of drug-likeness (QED) is 0.399. The Morgan fingerprint density at radius 3 is 2.85 bits per heavy atom. The number of anilines is 3. The molecule has 2 N–H and O–H groups in total. The molecule has 0 bridgehead atoms. The van der Waals surface area contributed by atoms with Crippen LogP contribution in [0.3, 0.4) is 0 Å². The number of ether oxygens (including phenoxy) is 1. The van der Waals surface area contributed by atoms with E-state index in [0.29, 0.717) is 11.9 Å². The van der Waals surface area contributed by atoms with E-state index in [1.54, 1.807) is 6.20 Å². The molecule has 6 rings (SSSR count). The predicted molar refractivity (Wildman–Crippen MR) is 131 cm³/mol. The number of fused-ring (bicyclic) bond motifs is 1. The predicted octanol–water partition coefficient (Wildman–Crippen LogP) is 5.07. The Morgan fingerprint density at radius 2 is 2.03 bits per heavy atom. The van der Waals surface area contributed by atoms with Crippen LogP contribution in [0.4, 0.5) is 17.6 Å². The molecule has 4 heterocycles. The second kappa shape index (κ2) is 8.72. The van der Waals surface area contributed by atoms with E-state index in [2.05, 4.69) is 66.1 Å². The van der Waals surface area contributed by atoms with Gasteiger partial charge >= 0.3 is 0 Å². The monoisotopic (exact) mass is 458 g/mol. The van der Waals surface area contributed by atoms with Crippen LogP contribution >= 0.6 is 0 Å². The maximum Gasteiger partial charge on any atom is 0.227 e. The van der Waals surface area contributed by atoms with Gasteiger partial charge in [0, 0.05) is 37.5 Å². The van der Waals surface area contributed by atoms with Gasteiger partial charge in [0.15, 0.2) is 5.82 Å². The highest BCUT2D eigenvalue weighted by molar-refractivity contribution is 5.76. The molecular formula is C25H30N8O. The molecule has 176 valence electrons. The third-order valence-corrected chi connectivity index (χ3v) is 6.96. The first-order valence-corrected chi connectivity index (χ1v) is 12.1. The summed E-state index contributed by atoms with van der Waals surface area (Å²) in [5.74, 6) is 2.79. The van der Waals surface area contributed by atoms with Crippen molar-refractivity contribution in [3.8, 4) is 0 Å². The highest BCUT2D eigenvalue weighted by atomic mass is 16.5. The molecule has 2 fully saturated rings. The van der Waals surface area contributed by atoms with Crippen LogP contribution in [0.5, 0.6) is 0 Å². The van der Waals surface area contributed by atoms with E-state index >= 15 is 0 Å². The van der Waals surface area contributed by atoms with Gasteiger partial charge in [-0.2, -0.15) is 10.1 Å². The molecule has 9 heteroatoms. The molecule has 4 aromatic rings. The third-order valence-electron chi connectivity index (χ3n) is 6.96. The molecule has 34 heavy (non-hydrogen) atoms. The van der Waals surface area contributed by atoms with Crippen molar-refractivity contribution in [2.45, 2.75) is 57.2 Å². The van der Waals surface area contributed by atoms with Gasteiger partial charge < -0.3 is 19.5 Å². The van der Waals surface area contributed by atoms with E-state index in [9.17, 15) is 0 Å². The van der Waals surface area contributed by atoms with Crippen molar-refractivity contribution in [3.05, 3.63) is 54.1 Å². The molecule has 0 radical (unpaired) electrons. The zero-order chi connectivity index (χ0) is 23.1. The van der Waals surface area contributed by atoms with E-state index in [1.165, 1.54) is 25.0 Å².